The van der Waals surface area contributed by atoms with E-state index < -0.39 is 39.8 Å². The highest BCUT2D eigenvalue weighted by Gasteiger charge is 2.50. The molecule has 2 aliphatic rings. The number of allylic oxidation sites excluding steroid dienone is 1. The maximum absolute atomic E-state index is 14.2. The minimum Gasteiger partial charge on any atom is -0.503 e. The van der Waals surface area contributed by atoms with E-state index in [1.165, 1.54) is 36.1 Å². The summed E-state index contributed by atoms with van der Waals surface area (Å²) in [5, 5.41) is 12.2. The molecule has 0 saturated carbocycles. The lowest BCUT2D eigenvalue weighted by Gasteiger charge is -2.48. The molecule has 2 heterocycles. The number of methoxy groups -OCH3 is 1. The van der Waals surface area contributed by atoms with E-state index in [1.54, 1.807) is 0 Å². The van der Waals surface area contributed by atoms with Crippen LogP contribution in [0.1, 0.15) is 18.9 Å². The standard InChI is InChI=1S/C23H26ClF2N3O6/c1-14(21(32)27-9-15-3-4-16(25)18(24)19(15)26)10-29-20(17(31)11-30)22(33)28(6-8-34-2)12-23(29)5-7-35-13-23/h3-4,10-11,31H,5-9,12-13H2,1-2H3,(H,27,32)/b14-10+,20-17+. The van der Waals surface area contributed by atoms with Crippen LogP contribution in [0.2, 0.25) is 5.02 Å². The third kappa shape index (κ3) is 5.47. The average Bonchev–Trinajstić information content (AvgIpc) is 3.32. The molecule has 190 valence electrons. The van der Waals surface area contributed by atoms with Crippen molar-refractivity contribution >= 4 is 29.7 Å². The molecule has 0 radical (unpaired) electrons. The first-order valence-electron chi connectivity index (χ1n) is 10.8. The Balaban J connectivity index is 1.90. The zero-order chi connectivity index (χ0) is 25.8. The molecule has 35 heavy (non-hydrogen) atoms. The van der Waals surface area contributed by atoms with Gasteiger partial charge in [0.1, 0.15) is 16.7 Å². The number of nitrogens with zero attached hydrogens (tertiary/aromatic N) is 2. The van der Waals surface area contributed by atoms with E-state index in [4.69, 9.17) is 21.1 Å². The number of aliphatic hydroxyl groups excluding tert-OH is 1. The fraction of sp³-hybridized carbons (Fsp3) is 0.435. The number of piperazine rings is 1. The van der Waals surface area contributed by atoms with E-state index in [9.17, 15) is 28.3 Å². The highest BCUT2D eigenvalue weighted by atomic mass is 35.5. The normalized spacial score (nSPS) is 22.1. The maximum Gasteiger partial charge on any atom is 0.274 e. The summed E-state index contributed by atoms with van der Waals surface area (Å²) in [6.07, 6.45) is 1.98. The van der Waals surface area contributed by atoms with E-state index in [-0.39, 0.29) is 56.0 Å². The minimum atomic E-state index is -0.977. The Kier molecular flexibility index (Phi) is 8.47. The molecule has 2 fully saturated rings. The molecule has 2 aliphatic heterocycles. The molecular weight excluding hydrogens is 488 g/mol. The number of aliphatic hydroxyl groups is 1. The van der Waals surface area contributed by atoms with Crippen LogP contribution in [0.3, 0.4) is 0 Å². The van der Waals surface area contributed by atoms with Gasteiger partial charge in [-0.1, -0.05) is 17.7 Å². The molecule has 0 aromatic heterocycles. The van der Waals surface area contributed by atoms with Gasteiger partial charge in [0.2, 0.25) is 5.91 Å². The first-order valence-corrected chi connectivity index (χ1v) is 11.2. The van der Waals surface area contributed by atoms with Gasteiger partial charge in [-0.15, -0.1) is 0 Å². The first-order chi connectivity index (χ1) is 16.6. The Morgan fingerprint density at radius 2 is 2.14 bits per heavy atom. The summed E-state index contributed by atoms with van der Waals surface area (Å²) in [5.41, 5.74) is -1.01. The Morgan fingerprint density at radius 3 is 2.77 bits per heavy atom. The van der Waals surface area contributed by atoms with Crippen molar-refractivity contribution in [3.05, 3.63) is 57.6 Å². The summed E-state index contributed by atoms with van der Waals surface area (Å²) in [4.78, 5) is 40.2. The van der Waals surface area contributed by atoms with E-state index in [1.807, 2.05) is 0 Å². The second-order valence-electron chi connectivity index (χ2n) is 8.30. The molecule has 1 aromatic carbocycles. The zero-order valence-corrected chi connectivity index (χ0v) is 20.0. The minimum absolute atomic E-state index is 0.0145. The highest BCUT2D eigenvalue weighted by Crippen LogP contribution is 2.37. The van der Waals surface area contributed by atoms with Crippen LogP contribution in [0.15, 0.2) is 35.4 Å². The Morgan fingerprint density at radius 1 is 1.40 bits per heavy atom. The van der Waals surface area contributed by atoms with Crippen LogP contribution in [-0.4, -0.2) is 78.6 Å². The topological polar surface area (TPSA) is 108 Å². The third-order valence-corrected chi connectivity index (χ3v) is 6.31. The van der Waals surface area contributed by atoms with E-state index >= 15 is 0 Å². The van der Waals surface area contributed by atoms with Gasteiger partial charge in [-0.3, -0.25) is 14.4 Å². The second kappa shape index (κ2) is 11.1. The van der Waals surface area contributed by atoms with E-state index in [0.717, 1.165) is 6.07 Å². The fourth-order valence-corrected chi connectivity index (χ4v) is 4.23. The van der Waals surface area contributed by atoms with E-state index in [2.05, 4.69) is 5.32 Å². The van der Waals surface area contributed by atoms with Gasteiger partial charge in [-0.25, -0.2) is 8.78 Å². The number of halogens is 3. The zero-order valence-electron chi connectivity index (χ0n) is 19.3. The molecule has 9 nitrogen and oxygen atoms in total. The van der Waals surface area contributed by atoms with Crippen molar-refractivity contribution in [3.8, 4) is 0 Å². The molecule has 2 N–H and O–H groups in total. The number of benzene rings is 1. The lowest BCUT2D eigenvalue weighted by atomic mass is 9.90. The second-order valence-corrected chi connectivity index (χ2v) is 8.68. The summed E-state index contributed by atoms with van der Waals surface area (Å²) in [7, 11) is 1.49. The van der Waals surface area contributed by atoms with Gasteiger partial charge in [0, 0.05) is 50.7 Å². The smallest absolute Gasteiger partial charge is 0.274 e. The van der Waals surface area contributed by atoms with Gasteiger partial charge in [0.15, 0.2) is 17.7 Å². The van der Waals surface area contributed by atoms with Gasteiger partial charge >= 0.3 is 0 Å². The van der Waals surface area contributed by atoms with Crippen LogP contribution in [0.5, 0.6) is 0 Å². The van der Waals surface area contributed by atoms with Crippen LogP contribution in [-0.2, 0) is 30.4 Å². The van der Waals surface area contributed by atoms with Crippen LogP contribution >= 0.6 is 11.6 Å². The molecule has 3 rings (SSSR count). The van der Waals surface area contributed by atoms with Gasteiger partial charge in [0.25, 0.3) is 5.91 Å². The molecule has 1 unspecified atom stereocenters. The van der Waals surface area contributed by atoms with Gasteiger partial charge in [-0.2, -0.15) is 0 Å². The Labute approximate surface area is 205 Å². The molecule has 2 saturated heterocycles. The van der Waals surface area contributed by atoms with Crippen molar-refractivity contribution in [2.45, 2.75) is 25.4 Å². The molecule has 1 aromatic rings. The number of hydrogen-bond acceptors (Lipinski definition) is 7. The largest absolute Gasteiger partial charge is 0.503 e. The monoisotopic (exact) mass is 513 g/mol. The summed E-state index contributed by atoms with van der Waals surface area (Å²) < 4.78 is 38.2. The lowest BCUT2D eigenvalue weighted by Crippen LogP contribution is -2.62. The number of ether oxygens (including phenoxy) is 2. The molecule has 0 aliphatic carbocycles. The van der Waals surface area contributed by atoms with Gasteiger partial charge in [-0.05, 0) is 19.4 Å². The summed E-state index contributed by atoms with van der Waals surface area (Å²) in [5.74, 6) is -3.89. The van der Waals surface area contributed by atoms with Crippen molar-refractivity contribution in [1.82, 2.24) is 15.1 Å². The SMILES string of the molecule is COCCN1CC2(CCOC2)N(/C=C(\C)C(=O)NCc2ccc(F)c(Cl)c2F)/C(=C(/O)C=O)C1=O. The van der Waals surface area contributed by atoms with Crippen LogP contribution in [0.25, 0.3) is 0 Å². The van der Waals surface area contributed by atoms with Crippen LogP contribution < -0.4 is 5.32 Å². The van der Waals surface area contributed by atoms with Crippen molar-refractivity contribution < 1.29 is 37.7 Å². The van der Waals surface area contributed by atoms with Gasteiger partial charge in [0.05, 0.1) is 18.8 Å². The van der Waals surface area contributed by atoms with Crippen LogP contribution in [0.4, 0.5) is 8.78 Å². The summed E-state index contributed by atoms with van der Waals surface area (Å²) in [6, 6.07) is 2.16. The number of aldehydes is 1. The number of carbonyl (C=O) groups excluding carboxylic acids is 3. The number of rotatable bonds is 8. The Hall–Kier alpha value is -3.02. The van der Waals surface area contributed by atoms with Crippen molar-refractivity contribution in [2.75, 3.05) is 40.0 Å². The summed E-state index contributed by atoms with van der Waals surface area (Å²) >= 11 is 5.58. The maximum atomic E-state index is 14.2. The molecule has 2 amide bonds. The third-order valence-electron chi connectivity index (χ3n) is 5.96. The van der Waals surface area contributed by atoms with Crippen molar-refractivity contribution in [2.24, 2.45) is 0 Å². The fourth-order valence-electron chi connectivity index (χ4n) is 4.05. The van der Waals surface area contributed by atoms with E-state index in [0.29, 0.717) is 13.0 Å². The van der Waals surface area contributed by atoms with Gasteiger partial charge < -0.3 is 29.7 Å². The van der Waals surface area contributed by atoms with Crippen molar-refractivity contribution in [3.63, 3.8) is 0 Å². The van der Waals surface area contributed by atoms with Crippen molar-refractivity contribution in [1.29, 1.82) is 0 Å². The lowest BCUT2D eigenvalue weighted by molar-refractivity contribution is -0.137. The first kappa shape index (κ1) is 26.6. The molecule has 12 heteroatoms. The highest BCUT2D eigenvalue weighted by molar-refractivity contribution is 6.30. The molecule has 0 bridgehead atoms. The Bertz CT molecular complexity index is 1070. The molecular formula is C23H26ClF2N3O6. The number of hydrogen-bond donors (Lipinski definition) is 2. The predicted molar refractivity (Wildman–Crippen MR) is 121 cm³/mol. The quantitative estimate of drug-likeness (QED) is 0.237. The average molecular weight is 514 g/mol. The van der Waals surface area contributed by atoms with Crippen LogP contribution in [0, 0.1) is 11.6 Å². The predicted octanol–water partition coefficient (Wildman–Crippen LogP) is 2.06. The summed E-state index contributed by atoms with van der Waals surface area (Å²) in [6.45, 7) is 2.45. The number of amides is 2. The molecule has 1 atom stereocenters. The number of nitrogens with one attached hydrogen (secondary N) is 1. The molecule has 1 spiro atoms. The number of carbonyl (C=O) groups is 3.